The van der Waals surface area contributed by atoms with E-state index in [9.17, 15) is 8.42 Å². The summed E-state index contributed by atoms with van der Waals surface area (Å²) in [6.07, 6.45) is 2.18. The van der Waals surface area contributed by atoms with Gasteiger partial charge >= 0.3 is 0 Å². The van der Waals surface area contributed by atoms with Gasteiger partial charge in [-0.1, -0.05) is 36.4 Å². The highest BCUT2D eigenvalue weighted by Gasteiger charge is 2.32. The first-order valence-corrected chi connectivity index (χ1v) is 8.30. The molecule has 2 aromatic carbocycles. The van der Waals surface area contributed by atoms with Gasteiger partial charge in [0.15, 0.2) is 0 Å². The van der Waals surface area contributed by atoms with Crippen molar-refractivity contribution in [2.45, 2.75) is 30.3 Å². The number of piperidine rings is 1. The molecule has 1 unspecified atom stereocenters. The minimum atomic E-state index is -3.53. The third-order valence-electron chi connectivity index (χ3n) is 3.83. The third-order valence-corrected chi connectivity index (χ3v) is 5.82. The van der Waals surface area contributed by atoms with E-state index in [0.717, 1.165) is 30.0 Å². The van der Waals surface area contributed by atoms with Gasteiger partial charge in [0.2, 0.25) is 10.0 Å². The van der Waals surface area contributed by atoms with Gasteiger partial charge in [-0.05, 0) is 30.7 Å². The SMILES string of the molecule is NC1CCCCN1S(=O)(=O)c1cccc2ccccc12. The molecule has 3 rings (SSSR count). The molecule has 1 heterocycles. The summed E-state index contributed by atoms with van der Waals surface area (Å²) < 4.78 is 27.2. The van der Waals surface area contributed by atoms with Gasteiger partial charge in [0.05, 0.1) is 11.1 Å². The summed E-state index contributed by atoms with van der Waals surface area (Å²) >= 11 is 0. The van der Waals surface area contributed by atoms with Crippen molar-refractivity contribution in [3.05, 3.63) is 42.5 Å². The highest BCUT2D eigenvalue weighted by molar-refractivity contribution is 7.89. The first-order chi connectivity index (χ1) is 9.60. The largest absolute Gasteiger partial charge is 0.315 e. The Morgan fingerprint density at radius 3 is 2.60 bits per heavy atom. The van der Waals surface area contributed by atoms with Crippen molar-refractivity contribution in [3.63, 3.8) is 0 Å². The second-order valence-electron chi connectivity index (χ2n) is 5.16. The van der Waals surface area contributed by atoms with E-state index in [1.54, 1.807) is 12.1 Å². The van der Waals surface area contributed by atoms with E-state index in [-0.39, 0.29) is 0 Å². The molecule has 1 atom stereocenters. The molecule has 1 fully saturated rings. The van der Waals surface area contributed by atoms with E-state index in [1.807, 2.05) is 30.3 Å². The summed E-state index contributed by atoms with van der Waals surface area (Å²) in [5.41, 5.74) is 5.99. The number of nitrogens with zero attached hydrogens (tertiary/aromatic N) is 1. The monoisotopic (exact) mass is 290 g/mol. The Hall–Kier alpha value is -1.43. The molecule has 20 heavy (non-hydrogen) atoms. The molecule has 0 aliphatic carbocycles. The molecule has 1 aliphatic heterocycles. The van der Waals surface area contributed by atoms with Crippen LogP contribution in [0.25, 0.3) is 10.8 Å². The molecule has 0 saturated carbocycles. The molecular formula is C15H18N2O2S. The van der Waals surface area contributed by atoms with E-state index < -0.39 is 16.2 Å². The number of nitrogens with two attached hydrogens (primary N) is 1. The molecule has 4 nitrogen and oxygen atoms in total. The Balaban J connectivity index is 2.14. The molecule has 1 saturated heterocycles. The molecule has 0 radical (unpaired) electrons. The smallest absolute Gasteiger partial charge is 0.245 e. The molecule has 0 spiro atoms. The van der Waals surface area contributed by atoms with E-state index >= 15 is 0 Å². The Morgan fingerprint density at radius 1 is 1.05 bits per heavy atom. The molecular weight excluding hydrogens is 272 g/mol. The van der Waals surface area contributed by atoms with Crippen LogP contribution in [0.4, 0.5) is 0 Å². The zero-order valence-corrected chi connectivity index (χ0v) is 12.0. The van der Waals surface area contributed by atoms with Crippen LogP contribution in [0.5, 0.6) is 0 Å². The van der Waals surface area contributed by atoms with Gasteiger partial charge in [-0.15, -0.1) is 0 Å². The maximum Gasteiger partial charge on any atom is 0.245 e. The van der Waals surface area contributed by atoms with Gasteiger partial charge in [0.1, 0.15) is 0 Å². The van der Waals surface area contributed by atoms with Crippen LogP contribution in [0, 0.1) is 0 Å². The Kier molecular flexibility index (Phi) is 3.50. The molecule has 2 aromatic rings. The minimum absolute atomic E-state index is 0.355. The lowest BCUT2D eigenvalue weighted by molar-refractivity contribution is 0.258. The number of fused-ring (bicyclic) bond motifs is 1. The molecule has 2 N–H and O–H groups in total. The lowest BCUT2D eigenvalue weighted by atomic mass is 10.1. The van der Waals surface area contributed by atoms with Crippen LogP contribution in [0.3, 0.4) is 0 Å². The number of hydrogen-bond acceptors (Lipinski definition) is 3. The van der Waals surface area contributed by atoms with Gasteiger partial charge in [0, 0.05) is 11.9 Å². The van der Waals surface area contributed by atoms with Gasteiger partial charge < -0.3 is 5.73 Å². The Morgan fingerprint density at radius 2 is 1.80 bits per heavy atom. The van der Waals surface area contributed by atoms with E-state index in [2.05, 4.69) is 0 Å². The van der Waals surface area contributed by atoms with Crippen LogP contribution in [0.1, 0.15) is 19.3 Å². The van der Waals surface area contributed by atoms with Crippen LogP contribution in [-0.2, 0) is 10.0 Å². The van der Waals surface area contributed by atoms with E-state index in [1.165, 1.54) is 4.31 Å². The predicted molar refractivity (Wildman–Crippen MR) is 79.7 cm³/mol. The maximum absolute atomic E-state index is 12.9. The standard InChI is InChI=1S/C15H18N2O2S/c16-15-10-3-4-11-17(15)20(18,19)14-9-5-7-12-6-1-2-8-13(12)14/h1-2,5-9,15H,3-4,10-11,16H2. The Bertz CT molecular complexity index is 722. The number of rotatable bonds is 2. The van der Waals surface area contributed by atoms with E-state index in [0.29, 0.717) is 11.4 Å². The van der Waals surface area contributed by atoms with Crippen molar-refractivity contribution in [1.82, 2.24) is 4.31 Å². The number of benzene rings is 2. The molecule has 5 heteroatoms. The predicted octanol–water partition coefficient (Wildman–Crippen LogP) is 2.30. The van der Waals surface area contributed by atoms with Crippen LogP contribution >= 0.6 is 0 Å². The summed E-state index contributed by atoms with van der Waals surface area (Å²) in [6, 6.07) is 12.9. The fourth-order valence-corrected chi connectivity index (χ4v) is 4.57. The van der Waals surface area contributed by atoms with Gasteiger partial charge in [-0.2, -0.15) is 4.31 Å². The lowest BCUT2D eigenvalue weighted by Crippen LogP contribution is -2.48. The van der Waals surface area contributed by atoms with Crippen molar-refractivity contribution in [3.8, 4) is 0 Å². The van der Waals surface area contributed by atoms with Crippen LogP contribution in [-0.4, -0.2) is 25.4 Å². The summed E-state index contributed by atoms with van der Waals surface area (Å²) in [5.74, 6) is 0. The fraction of sp³-hybridized carbons (Fsp3) is 0.333. The fourth-order valence-electron chi connectivity index (χ4n) is 2.78. The molecule has 1 aliphatic rings. The summed E-state index contributed by atoms with van der Waals surface area (Å²) in [4.78, 5) is 0.355. The van der Waals surface area contributed by atoms with Gasteiger partial charge in [0.25, 0.3) is 0 Å². The topological polar surface area (TPSA) is 63.4 Å². The maximum atomic E-state index is 12.9. The summed E-state index contributed by atoms with van der Waals surface area (Å²) in [5, 5.41) is 1.69. The second-order valence-corrected chi connectivity index (χ2v) is 7.02. The first kappa shape index (κ1) is 13.5. The zero-order valence-electron chi connectivity index (χ0n) is 11.2. The Labute approximate surface area is 119 Å². The minimum Gasteiger partial charge on any atom is -0.315 e. The van der Waals surface area contributed by atoms with Crippen molar-refractivity contribution in [2.75, 3.05) is 6.54 Å². The van der Waals surface area contributed by atoms with Crippen molar-refractivity contribution >= 4 is 20.8 Å². The second kappa shape index (κ2) is 5.16. The normalized spacial score (nSPS) is 21.1. The molecule has 0 bridgehead atoms. The summed E-state index contributed by atoms with van der Waals surface area (Å²) in [6.45, 7) is 0.507. The highest BCUT2D eigenvalue weighted by atomic mass is 32.2. The average Bonchev–Trinajstić information content (AvgIpc) is 2.47. The average molecular weight is 290 g/mol. The van der Waals surface area contributed by atoms with Crippen molar-refractivity contribution in [2.24, 2.45) is 5.73 Å². The van der Waals surface area contributed by atoms with Gasteiger partial charge in [-0.3, -0.25) is 0 Å². The van der Waals surface area contributed by atoms with Gasteiger partial charge in [-0.25, -0.2) is 8.42 Å². The summed E-state index contributed by atoms with van der Waals surface area (Å²) in [7, 11) is -3.53. The zero-order chi connectivity index (χ0) is 14.2. The van der Waals surface area contributed by atoms with Crippen LogP contribution in [0.2, 0.25) is 0 Å². The molecule has 0 aromatic heterocycles. The molecule has 0 amide bonds. The number of sulfonamides is 1. The van der Waals surface area contributed by atoms with Crippen molar-refractivity contribution in [1.29, 1.82) is 0 Å². The van der Waals surface area contributed by atoms with E-state index in [4.69, 9.17) is 5.73 Å². The first-order valence-electron chi connectivity index (χ1n) is 6.86. The quantitative estimate of drug-likeness (QED) is 0.923. The third kappa shape index (κ3) is 2.22. The molecule has 106 valence electrons. The van der Waals surface area contributed by atoms with Crippen LogP contribution in [0.15, 0.2) is 47.4 Å². The highest BCUT2D eigenvalue weighted by Crippen LogP contribution is 2.28. The lowest BCUT2D eigenvalue weighted by Gasteiger charge is -2.32. The van der Waals surface area contributed by atoms with Crippen LogP contribution < -0.4 is 5.73 Å². The van der Waals surface area contributed by atoms with Crippen molar-refractivity contribution < 1.29 is 8.42 Å². The number of hydrogen-bond donors (Lipinski definition) is 1.